The summed E-state index contributed by atoms with van der Waals surface area (Å²) in [4.78, 5) is 45.7. The van der Waals surface area contributed by atoms with E-state index < -0.39 is 0 Å². The van der Waals surface area contributed by atoms with Crippen LogP contribution in [-0.2, 0) is 4.79 Å². The van der Waals surface area contributed by atoms with Crippen LogP contribution in [0.2, 0.25) is 0 Å². The average Bonchev–Trinajstić information content (AvgIpc) is 3.31. The SMILES string of the molecule is N#Cc1ccc(C(=O)Nc2cc(C(=O)N3CCCNCC3)ccc2N2CCN(C(=O)C3CCCCC3)CC2)cc1. The summed E-state index contributed by atoms with van der Waals surface area (Å²) >= 11 is 0. The van der Waals surface area contributed by atoms with Crippen LogP contribution in [0.1, 0.15) is 64.8 Å². The Morgan fingerprint density at radius 3 is 2.25 bits per heavy atom. The van der Waals surface area contributed by atoms with Gasteiger partial charge >= 0.3 is 0 Å². The van der Waals surface area contributed by atoms with Gasteiger partial charge in [0.1, 0.15) is 0 Å². The van der Waals surface area contributed by atoms with Gasteiger partial charge in [0.2, 0.25) is 5.91 Å². The van der Waals surface area contributed by atoms with Gasteiger partial charge in [0.25, 0.3) is 11.8 Å². The summed E-state index contributed by atoms with van der Waals surface area (Å²) in [6.45, 7) is 5.58. The van der Waals surface area contributed by atoms with Crippen LogP contribution < -0.4 is 15.5 Å². The van der Waals surface area contributed by atoms with E-state index in [1.54, 1.807) is 30.3 Å². The Morgan fingerprint density at radius 2 is 1.52 bits per heavy atom. The van der Waals surface area contributed by atoms with E-state index >= 15 is 0 Å². The first-order chi connectivity index (χ1) is 19.5. The molecule has 210 valence electrons. The van der Waals surface area contributed by atoms with E-state index in [1.165, 1.54) is 6.42 Å². The fraction of sp³-hybridized carbons (Fsp3) is 0.484. The van der Waals surface area contributed by atoms with Crippen LogP contribution >= 0.6 is 0 Å². The summed E-state index contributed by atoms with van der Waals surface area (Å²) in [6, 6.07) is 14.1. The Hall–Kier alpha value is -3.90. The van der Waals surface area contributed by atoms with E-state index in [4.69, 9.17) is 5.26 Å². The van der Waals surface area contributed by atoms with Crippen molar-refractivity contribution in [2.75, 3.05) is 62.6 Å². The summed E-state index contributed by atoms with van der Waals surface area (Å²) < 4.78 is 0. The van der Waals surface area contributed by atoms with Crippen LogP contribution in [0.15, 0.2) is 42.5 Å². The predicted molar refractivity (Wildman–Crippen MR) is 154 cm³/mol. The van der Waals surface area contributed by atoms with Gasteiger partial charge in [-0.05, 0) is 68.3 Å². The Morgan fingerprint density at radius 1 is 0.800 bits per heavy atom. The molecule has 0 bridgehead atoms. The maximum absolute atomic E-state index is 13.4. The van der Waals surface area contributed by atoms with Crippen molar-refractivity contribution in [2.24, 2.45) is 5.92 Å². The van der Waals surface area contributed by atoms with Gasteiger partial charge in [0.15, 0.2) is 0 Å². The number of benzene rings is 2. The molecule has 0 radical (unpaired) electrons. The zero-order valence-corrected chi connectivity index (χ0v) is 23.0. The van der Waals surface area contributed by atoms with E-state index in [2.05, 4.69) is 21.6 Å². The second-order valence-electron chi connectivity index (χ2n) is 10.9. The molecule has 2 heterocycles. The Bertz CT molecular complexity index is 1250. The molecule has 2 aromatic rings. The third-order valence-corrected chi connectivity index (χ3v) is 8.28. The van der Waals surface area contributed by atoms with Gasteiger partial charge < -0.3 is 25.3 Å². The Balaban J connectivity index is 1.35. The molecule has 0 spiro atoms. The fourth-order valence-corrected chi connectivity index (χ4v) is 5.94. The van der Waals surface area contributed by atoms with Crippen molar-refractivity contribution in [1.29, 1.82) is 5.26 Å². The third kappa shape index (κ3) is 6.45. The van der Waals surface area contributed by atoms with E-state index in [9.17, 15) is 14.4 Å². The minimum absolute atomic E-state index is 0.0491. The highest BCUT2D eigenvalue weighted by atomic mass is 16.2. The summed E-state index contributed by atoms with van der Waals surface area (Å²) in [5.41, 5.74) is 2.86. The molecule has 3 aliphatic rings. The molecule has 0 unspecified atom stereocenters. The normalized spacial score (nSPS) is 18.5. The van der Waals surface area contributed by atoms with Gasteiger partial charge in [0, 0.05) is 62.9 Å². The van der Waals surface area contributed by atoms with Crippen molar-refractivity contribution in [3.8, 4) is 6.07 Å². The molecule has 3 amide bonds. The van der Waals surface area contributed by atoms with Crippen molar-refractivity contribution in [2.45, 2.75) is 38.5 Å². The van der Waals surface area contributed by atoms with Gasteiger partial charge in [-0.2, -0.15) is 5.26 Å². The van der Waals surface area contributed by atoms with E-state index in [0.29, 0.717) is 61.6 Å². The van der Waals surface area contributed by atoms with Crippen molar-refractivity contribution >= 4 is 29.1 Å². The Labute approximate surface area is 236 Å². The van der Waals surface area contributed by atoms with Gasteiger partial charge in [0.05, 0.1) is 23.0 Å². The summed E-state index contributed by atoms with van der Waals surface area (Å²) in [5.74, 6) is 0.0797. The molecule has 9 nitrogen and oxygen atoms in total. The molecule has 9 heteroatoms. The van der Waals surface area contributed by atoms with Crippen LogP contribution in [0.4, 0.5) is 11.4 Å². The molecule has 3 fully saturated rings. The first kappa shape index (κ1) is 27.7. The lowest BCUT2D eigenvalue weighted by atomic mass is 9.88. The molecular weight excluding hydrogens is 504 g/mol. The minimum atomic E-state index is -0.305. The second-order valence-corrected chi connectivity index (χ2v) is 10.9. The third-order valence-electron chi connectivity index (χ3n) is 8.28. The smallest absolute Gasteiger partial charge is 0.255 e. The lowest BCUT2D eigenvalue weighted by Crippen LogP contribution is -2.50. The molecule has 1 aliphatic carbocycles. The van der Waals surface area contributed by atoms with Gasteiger partial charge in [-0.15, -0.1) is 0 Å². The molecule has 0 atom stereocenters. The quantitative estimate of drug-likeness (QED) is 0.599. The first-order valence-electron chi connectivity index (χ1n) is 14.5. The molecule has 2 aliphatic heterocycles. The van der Waals surface area contributed by atoms with Crippen LogP contribution in [0.25, 0.3) is 0 Å². The average molecular weight is 543 g/mol. The summed E-state index contributed by atoms with van der Waals surface area (Å²) in [7, 11) is 0. The van der Waals surface area contributed by atoms with Gasteiger partial charge in [-0.25, -0.2) is 0 Å². The largest absolute Gasteiger partial charge is 0.366 e. The van der Waals surface area contributed by atoms with Gasteiger partial charge in [-0.3, -0.25) is 14.4 Å². The van der Waals surface area contributed by atoms with Crippen molar-refractivity contribution in [1.82, 2.24) is 15.1 Å². The van der Waals surface area contributed by atoms with Crippen molar-refractivity contribution in [3.05, 3.63) is 59.2 Å². The lowest BCUT2D eigenvalue weighted by molar-refractivity contribution is -0.136. The number of amides is 3. The molecule has 40 heavy (non-hydrogen) atoms. The zero-order valence-electron chi connectivity index (χ0n) is 23.0. The predicted octanol–water partition coefficient (Wildman–Crippen LogP) is 3.47. The standard InChI is InChI=1S/C31H38N6O3/c32-22-23-7-9-24(10-8-23)29(38)34-27-21-26(31(40)36-15-4-13-33-14-16-36)11-12-28(27)35-17-19-37(20-18-35)30(39)25-5-2-1-3-6-25/h7-12,21,25,33H,1-6,13-20H2,(H,34,38). The highest BCUT2D eigenvalue weighted by Crippen LogP contribution is 2.31. The number of nitriles is 1. The van der Waals surface area contributed by atoms with Crippen molar-refractivity contribution in [3.63, 3.8) is 0 Å². The van der Waals surface area contributed by atoms with Crippen LogP contribution in [0.3, 0.4) is 0 Å². The van der Waals surface area contributed by atoms with E-state index in [0.717, 1.165) is 50.9 Å². The Kier molecular flexibility index (Phi) is 8.97. The molecule has 2 N–H and O–H groups in total. The molecule has 5 rings (SSSR count). The zero-order chi connectivity index (χ0) is 27.9. The molecule has 1 saturated carbocycles. The molecule has 0 aromatic heterocycles. The van der Waals surface area contributed by atoms with Crippen LogP contribution in [0, 0.1) is 17.2 Å². The lowest BCUT2D eigenvalue weighted by Gasteiger charge is -2.39. The minimum Gasteiger partial charge on any atom is -0.366 e. The second kappa shape index (κ2) is 13.0. The number of carbonyl (C=O) groups excluding carboxylic acids is 3. The molecule has 2 saturated heterocycles. The highest BCUT2D eigenvalue weighted by Gasteiger charge is 2.29. The summed E-state index contributed by atoms with van der Waals surface area (Å²) in [5, 5.41) is 15.5. The topological polar surface area (TPSA) is 109 Å². The number of carbonyl (C=O) groups is 3. The number of nitrogens with zero attached hydrogens (tertiary/aromatic N) is 4. The highest BCUT2D eigenvalue weighted by molar-refractivity contribution is 6.07. The number of anilines is 2. The monoisotopic (exact) mass is 542 g/mol. The van der Waals surface area contributed by atoms with E-state index in [-0.39, 0.29) is 23.6 Å². The van der Waals surface area contributed by atoms with Crippen molar-refractivity contribution < 1.29 is 14.4 Å². The molecule has 2 aromatic carbocycles. The summed E-state index contributed by atoms with van der Waals surface area (Å²) in [6.07, 6.45) is 6.38. The number of hydrogen-bond donors (Lipinski definition) is 2. The first-order valence-corrected chi connectivity index (χ1v) is 14.5. The number of rotatable bonds is 5. The number of piperazine rings is 1. The fourth-order valence-electron chi connectivity index (χ4n) is 5.94. The maximum Gasteiger partial charge on any atom is 0.255 e. The van der Waals surface area contributed by atoms with Crippen LogP contribution in [-0.4, -0.2) is 79.9 Å². The van der Waals surface area contributed by atoms with Gasteiger partial charge in [-0.1, -0.05) is 19.3 Å². The number of nitrogens with one attached hydrogen (secondary N) is 2. The van der Waals surface area contributed by atoms with Crippen LogP contribution in [0.5, 0.6) is 0 Å². The van der Waals surface area contributed by atoms with E-state index in [1.807, 2.05) is 21.9 Å². The maximum atomic E-state index is 13.4. The molecular formula is C31H38N6O3. The number of hydrogen-bond acceptors (Lipinski definition) is 6.